The van der Waals surface area contributed by atoms with Crippen LogP contribution < -0.4 is 11.1 Å². The summed E-state index contributed by atoms with van der Waals surface area (Å²) in [5.74, 6) is 2.60. The Morgan fingerprint density at radius 1 is 1.05 bits per heavy atom. The highest BCUT2D eigenvalue weighted by molar-refractivity contribution is 5.75. The highest BCUT2D eigenvalue weighted by atomic mass is 16.1. The van der Waals surface area contributed by atoms with Gasteiger partial charge in [0.25, 0.3) is 0 Å². The first-order valence-electron chi connectivity index (χ1n) is 9.19. The first kappa shape index (κ1) is 16.8. The number of rotatable bonds is 6. The lowest BCUT2D eigenvalue weighted by Gasteiger charge is -2.28. The molecule has 0 aromatic carbocycles. The highest BCUT2D eigenvalue weighted by Crippen LogP contribution is 2.30. The molecule has 0 aromatic heterocycles. The maximum atomic E-state index is 12.0. The third-order valence-electron chi connectivity index (χ3n) is 5.73. The molecular weight excluding hydrogens is 260 g/mol. The summed E-state index contributed by atoms with van der Waals surface area (Å²) in [6.07, 6.45) is 13.2. The van der Waals surface area contributed by atoms with Crippen molar-refractivity contribution in [2.75, 3.05) is 6.54 Å². The van der Waals surface area contributed by atoms with Gasteiger partial charge < -0.3 is 11.1 Å². The quantitative estimate of drug-likeness (QED) is 0.786. The van der Waals surface area contributed by atoms with E-state index in [0.717, 1.165) is 31.2 Å². The summed E-state index contributed by atoms with van der Waals surface area (Å²) in [6, 6.07) is 0.376. The van der Waals surface area contributed by atoms with E-state index < -0.39 is 0 Å². The Morgan fingerprint density at radius 3 is 2.43 bits per heavy atom. The molecule has 3 heteroatoms. The minimum absolute atomic E-state index is 0.256. The Labute approximate surface area is 130 Å². The second-order valence-electron chi connectivity index (χ2n) is 7.43. The van der Waals surface area contributed by atoms with Gasteiger partial charge in [-0.05, 0) is 49.9 Å². The second kappa shape index (κ2) is 8.77. The van der Waals surface area contributed by atoms with Gasteiger partial charge in [-0.1, -0.05) is 39.0 Å². The third kappa shape index (κ3) is 5.98. The van der Waals surface area contributed by atoms with E-state index in [9.17, 15) is 4.79 Å². The van der Waals surface area contributed by atoms with Crippen LogP contribution in [0.5, 0.6) is 0 Å². The molecule has 2 atom stereocenters. The van der Waals surface area contributed by atoms with E-state index in [1.807, 2.05) is 0 Å². The lowest BCUT2D eigenvalue weighted by molar-refractivity contribution is -0.121. The Bertz CT molecular complexity index is 310. The lowest BCUT2D eigenvalue weighted by Crippen LogP contribution is -2.32. The molecule has 3 N–H and O–H groups in total. The monoisotopic (exact) mass is 294 g/mol. The molecule has 0 heterocycles. The molecular formula is C18H34N2O. The van der Waals surface area contributed by atoms with Gasteiger partial charge in [-0.2, -0.15) is 0 Å². The summed E-state index contributed by atoms with van der Waals surface area (Å²) in [6.45, 7) is 3.20. The number of nitrogens with one attached hydrogen (secondary N) is 1. The van der Waals surface area contributed by atoms with Crippen LogP contribution in [0.2, 0.25) is 0 Å². The molecule has 0 spiro atoms. The summed E-state index contributed by atoms with van der Waals surface area (Å²) >= 11 is 0. The number of carbonyl (C=O) groups is 1. The molecule has 2 aliphatic rings. The standard InChI is InChI=1S/C18H34N2O/c1-2-14-6-8-16(9-7-14)13-20-18(21)11-10-15-4-3-5-17(19)12-15/h14-17H,2-13,19H2,1H3,(H,20,21). The maximum Gasteiger partial charge on any atom is 0.220 e. The van der Waals surface area contributed by atoms with Gasteiger partial charge in [0.2, 0.25) is 5.91 Å². The molecule has 2 aliphatic carbocycles. The molecule has 2 fully saturated rings. The van der Waals surface area contributed by atoms with Gasteiger partial charge in [-0.25, -0.2) is 0 Å². The van der Waals surface area contributed by atoms with E-state index in [4.69, 9.17) is 5.73 Å². The first-order valence-corrected chi connectivity index (χ1v) is 9.19. The number of hydrogen-bond donors (Lipinski definition) is 2. The Balaban J connectivity index is 1.55. The van der Waals surface area contributed by atoms with E-state index in [0.29, 0.717) is 18.4 Å². The van der Waals surface area contributed by atoms with Crippen molar-refractivity contribution in [2.45, 2.75) is 83.6 Å². The molecule has 0 bridgehead atoms. The Morgan fingerprint density at radius 2 is 1.76 bits per heavy atom. The van der Waals surface area contributed by atoms with Gasteiger partial charge in [0.15, 0.2) is 0 Å². The smallest absolute Gasteiger partial charge is 0.220 e. The van der Waals surface area contributed by atoms with Crippen LogP contribution in [-0.2, 0) is 4.79 Å². The highest BCUT2D eigenvalue weighted by Gasteiger charge is 2.22. The van der Waals surface area contributed by atoms with Gasteiger partial charge in [0, 0.05) is 19.0 Å². The predicted molar refractivity (Wildman–Crippen MR) is 87.9 cm³/mol. The molecule has 1 amide bonds. The third-order valence-corrected chi connectivity index (χ3v) is 5.73. The van der Waals surface area contributed by atoms with Crippen LogP contribution >= 0.6 is 0 Å². The van der Waals surface area contributed by atoms with Crippen molar-refractivity contribution in [3.05, 3.63) is 0 Å². The van der Waals surface area contributed by atoms with E-state index in [1.165, 1.54) is 51.4 Å². The van der Waals surface area contributed by atoms with Crippen LogP contribution in [0, 0.1) is 17.8 Å². The number of amides is 1. The zero-order valence-electron chi connectivity index (χ0n) is 13.8. The molecule has 2 rings (SSSR count). The van der Waals surface area contributed by atoms with E-state index in [1.54, 1.807) is 0 Å². The molecule has 3 nitrogen and oxygen atoms in total. The zero-order valence-corrected chi connectivity index (χ0v) is 13.8. The Kier molecular flexibility index (Phi) is 7.01. The van der Waals surface area contributed by atoms with Gasteiger partial charge in [-0.3, -0.25) is 4.79 Å². The lowest BCUT2D eigenvalue weighted by atomic mass is 9.81. The number of carbonyl (C=O) groups excluding carboxylic acids is 1. The van der Waals surface area contributed by atoms with E-state index >= 15 is 0 Å². The molecule has 21 heavy (non-hydrogen) atoms. The fourth-order valence-corrected chi connectivity index (χ4v) is 4.12. The van der Waals surface area contributed by atoms with Gasteiger partial charge in [0.1, 0.15) is 0 Å². The van der Waals surface area contributed by atoms with Crippen molar-refractivity contribution in [1.82, 2.24) is 5.32 Å². The Hall–Kier alpha value is -0.570. The van der Waals surface area contributed by atoms with Gasteiger partial charge in [0.05, 0.1) is 0 Å². The predicted octanol–water partition coefficient (Wildman–Crippen LogP) is 3.62. The van der Waals surface area contributed by atoms with Crippen molar-refractivity contribution in [3.8, 4) is 0 Å². The largest absolute Gasteiger partial charge is 0.356 e. The summed E-state index contributed by atoms with van der Waals surface area (Å²) in [5.41, 5.74) is 6.01. The van der Waals surface area contributed by atoms with Crippen molar-refractivity contribution in [3.63, 3.8) is 0 Å². The van der Waals surface area contributed by atoms with Crippen LogP contribution in [0.15, 0.2) is 0 Å². The van der Waals surface area contributed by atoms with Crippen LogP contribution in [0.25, 0.3) is 0 Å². The van der Waals surface area contributed by atoms with E-state index in [2.05, 4.69) is 12.2 Å². The minimum atomic E-state index is 0.256. The summed E-state index contributed by atoms with van der Waals surface area (Å²) < 4.78 is 0. The zero-order chi connectivity index (χ0) is 15.1. The van der Waals surface area contributed by atoms with Gasteiger partial charge >= 0.3 is 0 Å². The van der Waals surface area contributed by atoms with Crippen molar-refractivity contribution >= 4 is 5.91 Å². The van der Waals surface area contributed by atoms with Crippen molar-refractivity contribution in [2.24, 2.45) is 23.5 Å². The van der Waals surface area contributed by atoms with Crippen molar-refractivity contribution in [1.29, 1.82) is 0 Å². The molecule has 0 radical (unpaired) electrons. The first-order chi connectivity index (χ1) is 10.2. The fraction of sp³-hybridized carbons (Fsp3) is 0.944. The second-order valence-corrected chi connectivity index (χ2v) is 7.43. The van der Waals surface area contributed by atoms with Gasteiger partial charge in [-0.15, -0.1) is 0 Å². The average molecular weight is 294 g/mol. The molecule has 0 saturated heterocycles. The molecule has 0 aliphatic heterocycles. The number of nitrogens with two attached hydrogens (primary N) is 1. The molecule has 2 unspecified atom stereocenters. The van der Waals surface area contributed by atoms with Crippen LogP contribution in [0.4, 0.5) is 0 Å². The number of hydrogen-bond acceptors (Lipinski definition) is 2. The summed E-state index contributed by atoms with van der Waals surface area (Å²) in [5, 5.41) is 3.17. The SMILES string of the molecule is CCC1CCC(CNC(=O)CCC2CCCC(N)C2)CC1. The normalized spacial score (nSPS) is 33.6. The van der Waals surface area contributed by atoms with Crippen molar-refractivity contribution < 1.29 is 4.79 Å². The minimum Gasteiger partial charge on any atom is -0.356 e. The molecule has 2 saturated carbocycles. The topological polar surface area (TPSA) is 55.1 Å². The van der Waals surface area contributed by atoms with E-state index in [-0.39, 0.29) is 5.91 Å². The maximum absolute atomic E-state index is 12.0. The summed E-state index contributed by atoms with van der Waals surface area (Å²) in [7, 11) is 0. The van der Waals surface area contributed by atoms with Crippen LogP contribution in [0.1, 0.15) is 77.6 Å². The molecule has 122 valence electrons. The fourth-order valence-electron chi connectivity index (χ4n) is 4.12. The van der Waals surface area contributed by atoms with Crippen LogP contribution in [0.3, 0.4) is 0 Å². The summed E-state index contributed by atoms with van der Waals surface area (Å²) in [4.78, 5) is 12.0. The molecule has 0 aromatic rings. The average Bonchev–Trinajstić information content (AvgIpc) is 2.51. The van der Waals surface area contributed by atoms with Crippen LogP contribution in [-0.4, -0.2) is 18.5 Å².